The fraction of sp³-hybridized carbons (Fsp3) is 0.545. The van der Waals surface area contributed by atoms with Gasteiger partial charge in [-0.1, -0.05) is 15.9 Å². The number of nitrogens with zero attached hydrogens (tertiary/aromatic N) is 2. The summed E-state index contributed by atoms with van der Waals surface area (Å²) in [4.78, 5) is 6.34. The van der Waals surface area contributed by atoms with Gasteiger partial charge in [0, 0.05) is 29.8 Å². The largest absolute Gasteiger partial charge is 0.296 e. The van der Waals surface area contributed by atoms with Crippen LogP contribution in [0.25, 0.3) is 0 Å². The van der Waals surface area contributed by atoms with Gasteiger partial charge in [0.2, 0.25) is 0 Å². The standard InChI is InChI=1S/C11H17BrN2/c1-11(2,9-12)14(3)8-10-4-6-13-7-5-10/h4-7H,8-9H2,1-3H3. The highest BCUT2D eigenvalue weighted by atomic mass is 79.9. The number of aromatic nitrogens is 1. The molecule has 0 aromatic carbocycles. The molecule has 0 bridgehead atoms. The second kappa shape index (κ2) is 4.89. The molecule has 1 rings (SSSR count). The first-order valence-corrected chi connectivity index (χ1v) is 5.84. The summed E-state index contributed by atoms with van der Waals surface area (Å²) < 4.78 is 0. The lowest BCUT2D eigenvalue weighted by Gasteiger charge is -2.34. The van der Waals surface area contributed by atoms with Gasteiger partial charge in [-0.05, 0) is 38.6 Å². The molecule has 0 saturated carbocycles. The van der Waals surface area contributed by atoms with Gasteiger partial charge in [-0.2, -0.15) is 0 Å². The quantitative estimate of drug-likeness (QED) is 0.771. The predicted molar refractivity (Wildman–Crippen MR) is 63.6 cm³/mol. The maximum absolute atomic E-state index is 4.01. The molecule has 0 atom stereocenters. The molecule has 0 unspecified atom stereocenters. The van der Waals surface area contributed by atoms with E-state index >= 15 is 0 Å². The molecule has 1 aromatic heterocycles. The van der Waals surface area contributed by atoms with E-state index in [-0.39, 0.29) is 5.54 Å². The summed E-state index contributed by atoms with van der Waals surface area (Å²) in [6.45, 7) is 5.41. The molecule has 3 heteroatoms. The van der Waals surface area contributed by atoms with Gasteiger partial charge in [-0.25, -0.2) is 0 Å². The SMILES string of the molecule is CN(Cc1ccncc1)C(C)(C)CBr. The molecule has 0 amide bonds. The third-order valence-corrected chi connectivity index (χ3v) is 3.90. The highest BCUT2D eigenvalue weighted by molar-refractivity contribution is 9.09. The van der Waals surface area contributed by atoms with E-state index in [9.17, 15) is 0 Å². The summed E-state index contributed by atoms with van der Waals surface area (Å²) >= 11 is 3.53. The lowest BCUT2D eigenvalue weighted by Crippen LogP contribution is -2.41. The van der Waals surface area contributed by atoms with Crippen molar-refractivity contribution >= 4 is 15.9 Å². The molecule has 0 N–H and O–H groups in total. The third-order valence-electron chi connectivity index (χ3n) is 2.53. The van der Waals surface area contributed by atoms with Gasteiger partial charge >= 0.3 is 0 Å². The molecular formula is C11H17BrN2. The van der Waals surface area contributed by atoms with Gasteiger partial charge in [0.15, 0.2) is 0 Å². The molecule has 0 radical (unpaired) electrons. The Balaban J connectivity index is 2.62. The van der Waals surface area contributed by atoms with Crippen molar-refractivity contribution in [2.75, 3.05) is 12.4 Å². The minimum atomic E-state index is 0.184. The van der Waals surface area contributed by atoms with Gasteiger partial charge in [0.05, 0.1) is 0 Å². The minimum Gasteiger partial charge on any atom is -0.296 e. The number of pyridine rings is 1. The third kappa shape index (κ3) is 3.07. The normalized spacial score (nSPS) is 12.1. The maximum Gasteiger partial charge on any atom is 0.0271 e. The Hall–Kier alpha value is -0.410. The van der Waals surface area contributed by atoms with Crippen molar-refractivity contribution in [3.8, 4) is 0 Å². The first kappa shape index (κ1) is 11.7. The molecule has 1 aromatic rings. The minimum absolute atomic E-state index is 0.184. The monoisotopic (exact) mass is 256 g/mol. The van der Waals surface area contributed by atoms with Crippen molar-refractivity contribution in [3.63, 3.8) is 0 Å². The van der Waals surface area contributed by atoms with Crippen LogP contribution < -0.4 is 0 Å². The molecule has 0 fully saturated rings. The lowest BCUT2D eigenvalue weighted by atomic mass is 10.1. The first-order valence-electron chi connectivity index (χ1n) is 4.72. The van der Waals surface area contributed by atoms with Crippen LogP contribution in [0.1, 0.15) is 19.4 Å². The molecule has 0 saturated heterocycles. The number of rotatable bonds is 4. The van der Waals surface area contributed by atoms with Crippen LogP contribution in [0.2, 0.25) is 0 Å². The van der Waals surface area contributed by atoms with Gasteiger partial charge in [0.1, 0.15) is 0 Å². The topological polar surface area (TPSA) is 16.1 Å². The van der Waals surface area contributed by atoms with E-state index in [0.717, 1.165) is 11.9 Å². The molecule has 78 valence electrons. The molecule has 0 aliphatic heterocycles. The smallest absolute Gasteiger partial charge is 0.0271 e. The Kier molecular flexibility index (Phi) is 4.08. The predicted octanol–water partition coefficient (Wildman–Crippen LogP) is 2.69. The van der Waals surface area contributed by atoms with Crippen LogP contribution in [0.3, 0.4) is 0 Å². The van der Waals surface area contributed by atoms with Gasteiger partial charge in [-0.3, -0.25) is 9.88 Å². The van der Waals surface area contributed by atoms with E-state index in [1.165, 1.54) is 5.56 Å². The second-order valence-electron chi connectivity index (χ2n) is 4.16. The molecular weight excluding hydrogens is 240 g/mol. The first-order chi connectivity index (χ1) is 6.56. The van der Waals surface area contributed by atoms with Crippen LogP contribution >= 0.6 is 15.9 Å². The Bertz CT molecular complexity index is 272. The Morgan fingerprint density at radius 3 is 2.43 bits per heavy atom. The van der Waals surface area contributed by atoms with E-state index in [1.54, 1.807) is 0 Å². The summed E-state index contributed by atoms with van der Waals surface area (Å²) in [6, 6.07) is 4.11. The Morgan fingerprint density at radius 2 is 1.93 bits per heavy atom. The van der Waals surface area contributed by atoms with E-state index in [4.69, 9.17) is 0 Å². The molecule has 14 heavy (non-hydrogen) atoms. The summed E-state index contributed by atoms with van der Waals surface area (Å²) in [5.41, 5.74) is 1.49. The van der Waals surface area contributed by atoms with E-state index in [0.29, 0.717) is 0 Å². The average molecular weight is 257 g/mol. The number of alkyl halides is 1. The summed E-state index contributed by atoms with van der Waals surface area (Å²) in [5.74, 6) is 0. The fourth-order valence-corrected chi connectivity index (χ4v) is 1.51. The van der Waals surface area contributed by atoms with Gasteiger partial charge < -0.3 is 0 Å². The number of hydrogen-bond donors (Lipinski definition) is 0. The van der Waals surface area contributed by atoms with Crippen LogP contribution in [0.4, 0.5) is 0 Å². The van der Waals surface area contributed by atoms with Crippen molar-refractivity contribution in [1.82, 2.24) is 9.88 Å². The highest BCUT2D eigenvalue weighted by Crippen LogP contribution is 2.17. The maximum atomic E-state index is 4.01. The van der Waals surface area contributed by atoms with E-state index < -0.39 is 0 Å². The fourth-order valence-electron chi connectivity index (χ4n) is 1.08. The van der Waals surface area contributed by atoms with Crippen LogP contribution in [-0.2, 0) is 6.54 Å². The van der Waals surface area contributed by atoms with Crippen molar-refractivity contribution in [2.45, 2.75) is 25.9 Å². The molecule has 1 heterocycles. The summed E-state index contributed by atoms with van der Waals surface area (Å²) in [7, 11) is 2.14. The number of hydrogen-bond acceptors (Lipinski definition) is 2. The van der Waals surface area contributed by atoms with Crippen LogP contribution in [0.5, 0.6) is 0 Å². The Labute approximate surface area is 94.5 Å². The highest BCUT2D eigenvalue weighted by Gasteiger charge is 2.21. The average Bonchev–Trinajstić information content (AvgIpc) is 2.19. The van der Waals surface area contributed by atoms with Crippen LogP contribution in [0, 0.1) is 0 Å². The van der Waals surface area contributed by atoms with Crippen molar-refractivity contribution in [1.29, 1.82) is 0 Å². The number of halogens is 1. The zero-order valence-corrected chi connectivity index (χ0v) is 10.6. The van der Waals surface area contributed by atoms with Crippen molar-refractivity contribution in [2.24, 2.45) is 0 Å². The summed E-state index contributed by atoms with van der Waals surface area (Å²) in [6.07, 6.45) is 3.68. The zero-order valence-electron chi connectivity index (χ0n) is 9.00. The van der Waals surface area contributed by atoms with Crippen LogP contribution in [-0.4, -0.2) is 27.8 Å². The van der Waals surface area contributed by atoms with Crippen molar-refractivity contribution in [3.05, 3.63) is 30.1 Å². The zero-order chi connectivity index (χ0) is 10.6. The van der Waals surface area contributed by atoms with Gasteiger partial charge in [-0.15, -0.1) is 0 Å². The molecule has 0 spiro atoms. The van der Waals surface area contributed by atoms with Gasteiger partial charge in [0.25, 0.3) is 0 Å². The molecule has 0 aliphatic rings. The lowest BCUT2D eigenvalue weighted by molar-refractivity contribution is 0.173. The van der Waals surface area contributed by atoms with Crippen LogP contribution in [0.15, 0.2) is 24.5 Å². The molecule has 2 nitrogen and oxygen atoms in total. The Morgan fingerprint density at radius 1 is 1.36 bits per heavy atom. The van der Waals surface area contributed by atoms with Crippen molar-refractivity contribution < 1.29 is 0 Å². The van der Waals surface area contributed by atoms with E-state index in [1.807, 2.05) is 12.4 Å². The molecule has 0 aliphatic carbocycles. The second-order valence-corrected chi connectivity index (χ2v) is 4.72. The summed E-state index contributed by atoms with van der Waals surface area (Å²) in [5, 5.41) is 0.974. The van der Waals surface area contributed by atoms with E-state index in [2.05, 4.69) is 58.8 Å².